The van der Waals surface area contributed by atoms with E-state index in [-0.39, 0.29) is 22.7 Å². The van der Waals surface area contributed by atoms with Crippen molar-refractivity contribution in [2.75, 3.05) is 20.2 Å². The maximum atomic E-state index is 13.1. The largest absolute Gasteiger partial charge is 0.473 e. The van der Waals surface area contributed by atoms with E-state index >= 15 is 0 Å². The predicted octanol–water partition coefficient (Wildman–Crippen LogP) is 5.97. The molecule has 0 amide bonds. The molecule has 0 bridgehead atoms. The SMILES string of the molecule is COC(=O)c1cc(OC(F)F)c2nc(CN3CCC(c4cccc(OCc5ccccc5Cl)n4)CC3)n(C)c2c1. The lowest BCUT2D eigenvalue weighted by Gasteiger charge is -2.31. The van der Waals surface area contributed by atoms with Crippen molar-refractivity contribution >= 4 is 28.6 Å². The van der Waals surface area contributed by atoms with Crippen molar-refractivity contribution in [1.29, 1.82) is 0 Å². The number of hydrogen-bond acceptors (Lipinski definition) is 7. The second-order valence-corrected chi connectivity index (χ2v) is 10.0. The quantitative estimate of drug-likeness (QED) is 0.229. The minimum Gasteiger partial charge on any atom is -0.473 e. The van der Waals surface area contributed by atoms with Gasteiger partial charge in [-0.15, -0.1) is 0 Å². The monoisotopic (exact) mass is 570 g/mol. The van der Waals surface area contributed by atoms with Crippen LogP contribution in [0.15, 0.2) is 54.6 Å². The first-order chi connectivity index (χ1) is 19.3. The van der Waals surface area contributed by atoms with Crippen LogP contribution in [0.25, 0.3) is 11.0 Å². The second kappa shape index (κ2) is 12.2. The number of imidazole rings is 1. The normalized spacial score (nSPS) is 14.6. The van der Waals surface area contributed by atoms with E-state index in [1.807, 2.05) is 42.5 Å². The lowest BCUT2D eigenvalue weighted by Crippen LogP contribution is -2.33. The number of carbonyl (C=O) groups is 1. The number of hydrogen-bond donors (Lipinski definition) is 0. The molecular formula is C29H29ClF2N4O4. The van der Waals surface area contributed by atoms with Crippen LogP contribution in [0.4, 0.5) is 8.78 Å². The van der Waals surface area contributed by atoms with Gasteiger partial charge in [0.05, 0.1) is 24.7 Å². The van der Waals surface area contributed by atoms with E-state index in [0.29, 0.717) is 35.4 Å². The van der Waals surface area contributed by atoms with Crippen LogP contribution in [0.2, 0.25) is 5.02 Å². The number of fused-ring (bicyclic) bond motifs is 1. The molecule has 0 radical (unpaired) electrons. The third-order valence-electron chi connectivity index (χ3n) is 7.13. The van der Waals surface area contributed by atoms with Gasteiger partial charge in [-0.2, -0.15) is 8.78 Å². The molecule has 1 aliphatic rings. The van der Waals surface area contributed by atoms with Gasteiger partial charge in [0.1, 0.15) is 17.9 Å². The van der Waals surface area contributed by atoms with Gasteiger partial charge in [-0.05, 0) is 50.2 Å². The Morgan fingerprint density at radius 2 is 1.88 bits per heavy atom. The summed E-state index contributed by atoms with van der Waals surface area (Å²) in [5, 5.41) is 0.660. The number of rotatable bonds is 9. The third-order valence-corrected chi connectivity index (χ3v) is 7.50. The summed E-state index contributed by atoms with van der Waals surface area (Å²) >= 11 is 6.24. The molecule has 1 saturated heterocycles. The summed E-state index contributed by atoms with van der Waals surface area (Å²) in [5.74, 6) is 0.735. The van der Waals surface area contributed by atoms with Gasteiger partial charge < -0.3 is 18.8 Å². The number of pyridine rings is 1. The van der Waals surface area contributed by atoms with Gasteiger partial charge >= 0.3 is 12.6 Å². The average Bonchev–Trinajstić information content (AvgIpc) is 3.27. The van der Waals surface area contributed by atoms with Crippen molar-refractivity contribution in [3.05, 3.63) is 82.3 Å². The Kier molecular flexibility index (Phi) is 8.46. The van der Waals surface area contributed by atoms with Crippen molar-refractivity contribution in [1.82, 2.24) is 19.4 Å². The molecule has 0 spiro atoms. The summed E-state index contributed by atoms with van der Waals surface area (Å²) < 4.78 is 43.3. The van der Waals surface area contributed by atoms with Crippen LogP contribution in [-0.2, 0) is 24.9 Å². The number of alkyl halides is 2. The van der Waals surface area contributed by atoms with Gasteiger partial charge in [0.15, 0.2) is 5.75 Å². The zero-order valence-corrected chi connectivity index (χ0v) is 22.9. The summed E-state index contributed by atoms with van der Waals surface area (Å²) in [6.07, 6.45) is 1.80. The molecule has 210 valence electrons. The van der Waals surface area contributed by atoms with E-state index in [0.717, 1.165) is 37.2 Å². The minimum absolute atomic E-state index is 0.117. The number of nitrogens with zero attached hydrogens (tertiary/aromatic N) is 4. The molecular weight excluding hydrogens is 542 g/mol. The Bertz CT molecular complexity index is 1500. The van der Waals surface area contributed by atoms with Crippen molar-refractivity contribution < 1.29 is 27.8 Å². The van der Waals surface area contributed by atoms with Crippen molar-refractivity contribution in [2.24, 2.45) is 7.05 Å². The fourth-order valence-electron chi connectivity index (χ4n) is 4.96. The highest BCUT2D eigenvalue weighted by molar-refractivity contribution is 6.31. The van der Waals surface area contributed by atoms with Crippen molar-refractivity contribution in [2.45, 2.75) is 38.5 Å². The van der Waals surface area contributed by atoms with Gasteiger partial charge in [-0.1, -0.05) is 35.9 Å². The molecule has 0 atom stereocenters. The van der Waals surface area contributed by atoms with Crippen molar-refractivity contribution in [3.8, 4) is 11.6 Å². The van der Waals surface area contributed by atoms with Crippen LogP contribution in [0.5, 0.6) is 11.6 Å². The number of aromatic nitrogens is 3. The number of ether oxygens (including phenoxy) is 3. The predicted molar refractivity (Wildman–Crippen MR) is 146 cm³/mol. The summed E-state index contributed by atoms with van der Waals surface area (Å²) in [5.41, 5.74) is 2.80. The van der Waals surface area contributed by atoms with Gasteiger partial charge in [0.25, 0.3) is 0 Å². The number of likely N-dealkylation sites (tertiary alicyclic amines) is 1. The Morgan fingerprint density at radius 1 is 1.10 bits per heavy atom. The molecule has 0 unspecified atom stereocenters. The topological polar surface area (TPSA) is 78.7 Å². The number of aryl methyl sites for hydroxylation is 1. The number of carbonyl (C=O) groups excluding carboxylic acids is 1. The molecule has 0 saturated carbocycles. The summed E-state index contributed by atoms with van der Waals surface area (Å²) in [6.45, 7) is -0.553. The van der Waals surface area contributed by atoms with E-state index in [2.05, 4.69) is 14.6 Å². The molecule has 11 heteroatoms. The Hall–Kier alpha value is -3.76. The number of methoxy groups -OCH3 is 1. The lowest BCUT2D eigenvalue weighted by atomic mass is 9.93. The van der Waals surface area contributed by atoms with Crippen LogP contribution in [-0.4, -0.2) is 52.2 Å². The average molecular weight is 571 g/mol. The first-order valence-corrected chi connectivity index (χ1v) is 13.3. The van der Waals surface area contributed by atoms with E-state index in [1.54, 1.807) is 17.7 Å². The first kappa shape index (κ1) is 27.8. The van der Waals surface area contributed by atoms with Crippen LogP contribution < -0.4 is 9.47 Å². The Morgan fingerprint density at radius 3 is 2.60 bits per heavy atom. The number of halogens is 3. The van der Waals surface area contributed by atoms with Crippen LogP contribution in [0.1, 0.15) is 46.2 Å². The summed E-state index contributed by atoms with van der Waals surface area (Å²) in [6, 6.07) is 16.2. The summed E-state index contributed by atoms with van der Waals surface area (Å²) in [7, 11) is 3.03. The first-order valence-electron chi connectivity index (χ1n) is 12.9. The van der Waals surface area contributed by atoms with E-state index in [4.69, 9.17) is 26.1 Å². The van der Waals surface area contributed by atoms with Crippen LogP contribution >= 0.6 is 11.6 Å². The van der Waals surface area contributed by atoms with Gasteiger partial charge in [-0.25, -0.2) is 14.8 Å². The summed E-state index contributed by atoms with van der Waals surface area (Å²) in [4.78, 5) is 23.7. The zero-order valence-electron chi connectivity index (χ0n) is 22.1. The number of piperidine rings is 1. The minimum atomic E-state index is -3.05. The molecule has 1 fully saturated rings. The molecule has 40 heavy (non-hydrogen) atoms. The molecule has 1 aliphatic heterocycles. The van der Waals surface area contributed by atoms with E-state index in [1.165, 1.54) is 13.2 Å². The van der Waals surface area contributed by atoms with Gasteiger partial charge in [-0.3, -0.25) is 4.90 Å². The van der Waals surface area contributed by atoms with Crippen LogP contribution in [0, 0.1) is 0 Å². The highest BCUT2D eigenvalue weighted by Gasteiger charge is 2.25. The molecule has 5 rings (SSSR count). The molecule has 3 heterocycles. The lowest BCUT2D eigenvalue weighted by molar-refractivity contribution is -0.0489. The van der Waals surface area contributed by atoms with Gasteiger partial charge in [0.2, 0.25) is 5.88 Å². The van der Waals surface area contributed by atoms with Crippen molar-refractivity contribution in [3.63, 3.8) is 0 Å². The maximum absolute atomic E-state index is 13.1. The molecule has 2 aromatic heterocycles. The van der Waals surface area contributed by atoms with E-state index < -0.39 is 12.6 Å². The van der Waals surface area contributed by atoms with Crippen LogP contribution in [0.3, 0.4) is 0 Å². The van der Waals surface area contributed by atoms with E-state index in [9.17, 15) is 13.6 Å². The number of esters is 1. The molecule has 8 nitrogen and oxygen atoms in total. The number of benzene rings is 2. The third kappa shape index (κ3) is 6.18. The second-order valence-electron chi connectivity index (χ2n) is 9.63. The molecule has 4 aromatic rings. The fraction of sp³-hybridized carbons (Fsp3) is 0.345. The standard InChI is InChI=1S/C29H29ClF2N4O4/c1-35-23-14-20(28(37)38-2)15-24(40-29(31)32)27(23)34-25(35)16-36-12-10-18(11-13-36)22-8-5-9-26(33-22)39-17-19-6-3-4-7-21(19)30/h3-9,14-15,18,29H,10-13,16-17H2,1-2H3. The highest BCUT2D eigenvalue weighted by Crippen LogP contribution is 2.32. The molecule has 2 aromatic carbocycles. The maximum Gasteiger partial charge on any atom is 0.387 e. The van der Waals surface area contributed by atoms with Gasteiger partial charge in [0, 0.05) is 35.3 Å². The smallest absolute Gasteiger partial charge is 0.387 e. The fourth-order valence-corrected chi connectivity index (χ4v) is 5.15. The molecule has 0 N–H and O–H groups in total. The highest BCUT2D eigenvalue weighted by atomic mass is 35.5. The Labute approximate surface area is 235 Å². The zero-order chi connectivity index (χ0) is 28.2. The Balaban J connectivity index is 1.25. The molecule has 0 aliphatic carbocycles.